The van der Waals surface area contributed by atoms with Crippen LogP contribution in [0, 0.1) is 0 Å². The monoisotopic (exact) mass is 301 g/mol. The third kappa shape index (κ3) is 4.32. The lowest BCUT2D eigenvalue weighted by Crippen LogP contribution is -2.02. The van der Waals surface area contributed by atoms with Crippen LogP contribution in [-0.4, -0.2) is 20.8 Å². The normalized spacial score (nSPS) is 10.1. The van der Waals surface area contributed by atoms with Crippen LogP contribution in [0.2, 0.25) is 0 Å². The molecule has 0 spiro atoms. The molecule has 2 aromatic carbocycles. The molecular formula is C18H23NO3. The second kappa shape index (κ2) is 8.17. The molecule has 0 unspecified atom stereocenters. The van der Waals surface area contributed by atoms with Crippen molar-refractivity contribution in [2.75, 3.05) is 26.1 Å². The Labute approximate surface area is 132 Å². The van der Waals surface area contributed by atoms with Gasteiger partial charge in [-0.1, -0.05) is 19.1 Å². The van der Waals surface area contributed by atoms with Crippen LogP contribution >= 0.6 is 0 Å². The molecule has 0 fully saturated rings. The highest BCUT2D eigenvalue weighted by atomic mass is 16.5. The first-order valence-corrected chi connectivity index (χ1v) is 7.44. The van der Waals surface area contributed by atoms with Crippen LogP contribution in [0.5, 0.6) is 17.2 Å². The Morgan fingerprint density at radius 2 is 1.82 bits per heavy atom. The van der Waals surface area contributed by atoms with E-state index in [9.17, 15) is 0 Å². The van der Waals surface area contributed by atoms with Gasteiger partial charge < -0.3 is 19.5 Å². The van der Waals surface area contributed by atoms with Crippen molar-refractivity contribution in [2.24, 2.45) is 0 Å². The Kier molecular flexibility index (Phi) is 5.95. The Morgan fingerprint density at radius 3 is 2.55 bits per heavy atom. The number of benzene rings is 2. The van der Waals surface area contributed by atoms with Gasteiger partial charge in [-0.05, 0) is 36.2 Å². The molecular weight excluding hydrogens is 278 g/mol. The van der Waals surface area contributed by atoms with Crippen molar-refractivity contribution >= 4 is 5.69 Å². The van der Waals surface area contributed by atoms with Crippen molar-refractivity contribution < 1.29 is 14.2 Å². The quantitative estimate of drug-likeness (QED) is 0.796. The summed E-state index contributed by atoms with van der Waals surface area (Å²) in [6.45, 7) is 3.54. The van der Waals surface area contributed by atoms with E-state index >= 15 is 0 Å². The van der Waals surface area contributed by atoms with Gasteiger partial charge in [0.05, 0.1) is 26.5 Å². The number of nitrogens with one attached hydrogen (secondary N) is 1. The van der Waals surface area contributed by atoms with Gasteiger partial charge in [0.1, 0.15) is 17.2 Å². The molecule has 0 saturated carbocycles. The summed E-state index contributed by atoms with van der Waals surface area (Å²) < 4.78 is 16.2. The zero-order chi connectivity index (χ0) is 15.8. The van der Waals surface area contributed by atoms with E-state index in [0.29, 0.717) is 6.54 Å². The third-order valence-corrected chi connectivity index (χ3v) is 3.26. The fraction of sp³-hybridized carbons (Fsp3) is 0.333. The zero-order valence-electron chi connectivity index (χ0n) is 13.4. The lowest BCUT2D eigenvalue weighted by Gasteiger charge is -2.13. The largest absolute Gasteiger partial charge is 0.497 e. The average Bonchev–Trinajstić information content (AvgIpc) is 2.58. The maximum Gasteiger partial charge on any atom is 0.145 e. The summed E-state index contributed by atoms with van der Waals surface area (Å²) in [5.41, 5.74) is 2.09. The summed E-state index contributed by atoms with van der Waals surface area (Å²) in [4.78, 5) is 0. The number of ether oxygens (including phenoxy) is 3. The Balaban J connectivity index is 2.03. The minimum Gasteiger partial charge on any atom is -0.497 e. The highest BCUT2D eigenvalue weighted by molar-refractivity contribution is 5.59. The van der Waals surface area contributed by atoms with Crippen molar-refractivity contribution in [2.45, 2.75) is 19.9 Å². The van der Waals surface area contributed by atoms with Gasteiger partial charge in [-0.15, -0.1) is 0 Å². The smallest absolute Gasteiger partial charge is 0.145 e. The van der Waals surface area contributed by atoms with Crippen LogP contribution in [0.4, 0.5) is 5.69 Å². The van der Waals surface area contributed by atoms with Gasteiger partial charge in [0.25, 0.3) is 0 Å². The lowest BCUT2D eigenvalue weighted by molar-refractivity contribution is 0.317. The number of anilines is 1. The molecule has 4 heteroatoms. The molecule has 22 heavy (non-hydrogen) atoms. The van der Waals surface area contributed by atoms with E-state index < -0.39 is 0 Å². The number of hydrogen-bond acceptors (Lipinski definition) is 4. The standard InChI is InChI=1S/C18H23NO3/c1-4-10-22-16-7-5-6-14(11-16)13-19-17-9-8-15(20-2)12-18(17)21-3/h5-9,11-12,19H,4,10,13H2,1-3H3. The molecule has 0 aliphatic rings. The third-order valence-electron chi connectivity index (χ3n) is 3.26. The maximum absolute atomic E-state index is 5.65. The molecule has 0 aliphatic carbocycles. The van der Waals surface area contributed by atoms with Crippen molar-refractivity contribution in [1.29, 1.82) is 0 Å². The summed E-state index contributed by atoms with van der Waals surface area (Å²) in [6, 6.07) is 13.8. The summed E-state index contributed by atoms with van der Waals surface area (Å²) in [7, 11) is 3.29. The van der Waals surface area contributed by atoms with Crippen molar-refractivity contribution in [3.05, 3.63) is 48.0 Å². The molecule has 2 rings (SSSR count). The van der Waals surface area contributed by atoms with Crippen molar-refractivity contribution in [1.82, 2.24) is 0 Å². The first-order valence-electron chi connectivity index (χ1n) is 7.44. The zero-order valence-corrected chi connectivity index (χ0v) is 13.4. The van der Waals surface area contributed by atoms with Crippen LogP contribution < -0.4 is 19.5 Å². The lowest BCUT2D eigenvalue weighted by atomic mass is 10.2. The van der Waals surface area contributed by atoms with E-state index in [2.05, 4.69) is 24.4 Å². The number of methoxy groups -OCH3 is 2. The molecule has 0 heterocycles. The molecule has 0 bridgehead atoms. The molecule has 1 N–H and O–H groups in total. The Morgan fingerprint density at radius 1 is 0.955 bits per heavy atom. The molecule has 0 aliphatic heterocycles. The van der Waals surface area contributed by atoms with Gasteiger partial charge in [0, 0.05) is 12.6 Å². The molecule has 0 aromatic heterocycles. The van der Waals surface area contributed by atoms with Crippen LogP contribution in [0.3, 0.4) is 0 Å². The molecule has 0 amide bonds. The molecule has 4 nitrogen and oxygen atoms in total. The fourth-order valence-electron chi connectivity index (χ4n) is 2.11. The van der Waals surface area contributed by atoms with Crippen molar-refractivity contribution in [3.8, 4) is 17.2 Å². The maximum atomic E-state index is 5.65. The van der Waals surface area contributed by atoms with E-state index in [0.717, 1.165) is 41.5 Å². The fourth-order valence-corrected chi connectivity index (χ4v) is 2.11. The Bertz CT molecular complexity index is 599. The van der Waals surface area contributed by atoms with Crippen LogP contribution in [-0.2, 0) is 6.54 Å². The van der Waals surface area contributed by atoms with Gasteiger partial charge in [0.2, 0.25) is 0 Å². The van der Waals surface area contributed by atoms with Crippen LogP contribution in [0.15, 0.2) is 42.5 Å². The minimum atomic E-state index is 0.700. The molecule has 2 aromatic rings. The molecule has 0 radical (unpaired) electrons. The van der Waals surface area contributed by atoms with E-state index in [1.165, 1.54) is 0 Å². The highest BCUT2D eigenvalue weighted by Crippen LogP contribution is 2.29. The van der Waals surface area contributed by atoms with Crippen LogP contribution in [0.1, 0.15) is 18.9 Å². The number of rotatable bonds is 8. The second-order valence-corrected chi connectivity index (χ2v) is 4.92. The first-order chi connectivity index (χ1) is 10.8. The summed E-state index contributed by atoms with van der Waals surface area (Å²) in [5.74, 6) is 2.44. The van der Waals surface area contributed by atoms with E-state index in [-0.39, 0.29) is 0 Å². The summed E-state index contributed by atoms with van der Waals surface area (Å²) >= 11 is 0. The molecule has 0 saturated heterocycles. The predicted molar refractivity (Wildman–Crippen MR) is 89.1 cm³/mol. The SMILES string of the molecule is CCCOc1cccc(CNc2ccc(OC)cc2OC)c1. The first kappa shape index (κ1) is 16.0. The van der Waals surface area contributed by atoms with Gasteiger partial charge in [-0.3, -0.25) is 0 Å². The van der Waals surface area contributed by atoms with E-state index in [4.69, 9.17) is 14.2 Å². The second-order valence-electron chi connectivity index (χ2n) is 4.92. The van der Waals surface area contributed by atoms with Gasteiger partial charge in [0.15, 0.2) is 0 Å². The summed E-state index contributed by atoms with van der Waals surface area (Å²) in [6.07, 6.45) is 1.01. The number of hydrogen-bond donors (Lipinski definition) is 1. The average molecular weight is 301 g/mol. The summed E-state index contributed by atoms with van der Waals surface area (Å²) in [5, 5.41) is 3.38. The molecule has 0 atom stereocenters. The van der Waals surface area contributed by atoms with E-state index in [1.807, 2.05) is 30.3 Å². The van der Waals surface area contributed by atoms with Gasteiger partial charge in [-0.25, -0.2) is 0 Å². The predicted octanol–water partition coefficient (Wildman–Crippen LogP) is 4.10. The van der Waals surface area contributed by atoms with Gasteiger partial charge >= 0.3 is 0 Å². The molecule has 118 valence electrons. The van der Waals surface area contributed by atoms with Crippen LogP contribution in [0.25, 0.3) is 0 Å². The minimum absolute atomic E-state index is 0.700. The van der Waals surface area contributed by atoms with Gasteiger partial charge in [-0.2, -0.15) is 0 Å². The van der Waals surface area contributed by atoms with E-state index in [1.54, 1.807) is 14.2 Å². The van der Waals surface area contributed by atoms with Crippen molar-refractivity contribution in [3.63, 3.8) is 0 Å². The Hall–Kier alpha value is -2.36. The highest BCUT2D eigenvalue weighted by Gasteiger charge is 2.05. The topological polar surface area (TPSA) is 39.7 Å².